The molecule has 1 saturated carbocycles. The topological polar surface area (TPSA) is 38.7 Å². The molecule has 0 bridgehead atoms. The molecule has 16 heavy (non-hydrogen) atoms. The maximum atomic E-state index is 9.93. The van der Waals surface area contributed by atoms with Crippen molar-refractivity contribution in [3.63, 3.8) is 0 Å². The normalized spacial score (nSPS) is 41.1. The van der Waals surface area contributed by atoms with Crippen LogP contribution in [0.4, 0.5) is 0 Å². The van der Waals surface area contributed by atoms with Crippen molar-refractivity contribution < 1.29 is 14.6 Å². The first-order valence-corrected chi connectivity index (χ1v) is 6.48. The predicted molar refractivity (Wildman–Crippen MR) is 59.9 cm³/mol. The Kier molecular flexibility index (Phi) is 2.57. The van der Waals surface area contributed by atoms with Crippen LogP contribution in [0.2, 0.25) is 0 Å². The fourth-order valence-corrected chi connectivity index (χ4v) is 3.23. The monoisotopic (exact) mass is 224 g/mol. The van der Waals surface area contributed by atoms with E-state index in [4.69, 9.17) is 9.47 Å². The van der Waals surface area contributed by atoms with E-state index in [9.17, 15) is 5.11 Å². The van der Waals surface area contributed by atoms with E-state index in [1.807, 2.05) is 6.08 Å². The lowest BCUT2D eigenvalue weighted by Gasteiger charge is -2.32. The zero-order valence-electron chi connectivity index (χ0n) is 9.82. The third kappa shape index (κ3) is 1.53. The molecule has 0 radical (unpaired) electrons. The molecular formula is C13H20O3. The fraction of sp³-hybridized carbons (Fsp3) is 0.846. The van der Waals surface area contributed by atoms with E-state index in [-0.39, 0.29) is 18.0 Å². The lowest BCUT2D eigenvalue weighted by atomic mass is 9.94. The average molecular weight is 224 g/mol. The fourth-order valence-electron chi connectivity index (χ4n) is 3.23. The Morgan fingerprint density at radius 1 is 1.31 bits per heavy atom. The second-order valence-electron chi connectivity index (χ2n) is 5.18. The minimum atomic E-state index is -0.471. The van der Waals surface area contributed by atoms with Gasteiger partial charge in [0.15, 0.2) is 5.79 Å². The minimum Gasteiger partial charge on any atom is -0.386 e. The molecule has 1 heterocycles. The molecule has 3 rings (SSSR count). The summed E-state index contributed by atoms with van der Waals surface area (Å²) < 4.78 is 12.2. The number of hydrogen-bond acceptors (Lipinski definition) is 3. The highest BCUT2D eigenvalue weighted by molar-refractivity contribution is 5.24. The van der Waals surface area contributed by atoms with Crippen molar-refractivity contribution in [3.8, 4) is 0 Å². The van der Waals surface area contributed by atoms with Crippen LogP contribution in [0.1, 0.15) is 45.4 Å². The van der Waals surface area contributed by atoms with Gasteiger partial charge in [0.2, 0.25) is 0 Å². The Morgan fingerprint density at radius 2 is 2.06 bits per heavy atom. The molecule has 2 aliphatic carbocycles. The summed E-state index contributed by atoms with van der Waals surface area (Å²) in [5.41, 5.74) is 1.21. The van der Waals surface area contributed by atoms with Crippen LogP contribution >= 0.6 is 0 Å². The largest absolute Gasteiger partial charge is 0.386 e. The molecule has 90 valence electrons. The molecule has 0 aromatic rings. The lowest BCUT2D eigenvalue weighted by Crippen LogP contribution is -2.35. The molecule has 1 N–H and O–H groups in total. The number of hydrogen-bond donors (Lipinski definition) is 1. The number of ether oxygens (including phenoxy) is 2. The van der Waals surface area contributed by atoms with Crippen LogP contribution in [0, 0.1) is 0 Å². The van der Waals surface area contributed by atoms with Crippen LogP contribution in [0.3, 0.4) is 0 Å². The van der Waals surface area contributed by atoms with Crippen LogP contribution in [0.5, 0.6) is 0 Å². The molecule has 0 aromatic carbocycles. The SMILES string of the molecule is CCC1=C[C@H](O)[C@H]2OC3(CCCCC3)O[C@H]12. The van der Waals surface area contributed by atoms with E-state index >= 15 is 0 Å². The number of aliphatic hydroxyl groups excluding tert-OH is 1. The van der Waals surface area contributed by atoms with Gasteiger partial charge in [0.25, 0.3) is 0 Å². The molecule has 0 amide bonds. The maximum absolute atomic E-state index is 9.93. The Labute approximate surface area is 96.4 Å². The molecule has 3 nitrogen and oxygen atoms in total. The summed E-state index contributed by atoms with van der Waals surface area (Å²) in [7, 11) is 0. The molecule has 3 aliphatic rings. The summed E-state index contributed by atoms with van der Waals surface area (Å²) in [5, 5.41) is 9.93. The van der Waals surface area contributed by atoms with Crippen molar-refractivity contribution in [2.75, 3.05) is 0 Å². The third-order valence-corrected chi connectivity index (χ3v) is 4.10. The van der Waals surface area contributed by atoms with Gasteiger partial charge < -0.3 is 14.6 Å². The van der Waals surface area contributed by atoms with Gasteiger partial charge in [-0.25, -0.2) is 0 Å². The van der Waals surface area contributed by atoms with E-state index in [0.717, 1.165) is 19.3 Å². The van der Waals surface area contributed by atoms with E-state index < -0.39 is 6.10 Å². The summed E-state index contributed by atoms with van der Waals surface area (Å²) in [6, 6.07) is 0. The number of fused-ring (bicyclic) bond motifs is 1. The Hall–Kier alpha value is -0.380. The van der Waals surface area contributed by atoms with Crippen molar-refractivity contribution in [1.82, 2.24) is 0 Å². The van der Waals surface area contributed by atoms with Crippen LogP contribution in [0.15, 0.2) is 11.6 Å². The molecule has 3 heteroatoms. The molecule has 0 unspecified atom stereocenters. The second kappa shape index (κ2) is 3.83. The number of rotatable bonds is 1. The van der Waals surface area contributed by atoms with Crippen molar-refractivity contribution >= 4 is 0 Å². The standard InChI is InChI=1S/C13H20O3/c1-2-9-8-10(14)12-11(9)15-13(16-12)6-4-3-5-7-13/h8,10-12,14H,2-7H2,1H3/t10-,11+,12+/m0/s1. The molecule has 3 atom stereocenters. The van der Waals surface area contributed by atoms with Crippen molar-refractivity contribution in [1.29, 1.82) is 0 Å². The van der Waals surface area contributed by atoms with Gasteiger partial charge in [-0.3, -0.25) is 0 Å². The summed E-state index contributed by atoms with van der Waals surface area (Å²) in [5.74, 6) is -0.372. The molecular weight excluding hydrogens is 204 g/mol. The van der Waals surface area contributed by atoms with Gasteiger partial charge in [-0.05, 0) is 24.8 Å². The van der Waals surface area contributed by atoms with E-state index in [0.29, 0.717) is 0 Å². The molecule has 2 fully saturated rings. The van der Waals surface area contributed by atoms with Gasteiger partial charge in [-0.1, -0.05) is 19.4 Å². The van der Waals surface area contributed by atoms with Crippen LogP contribution in [-0.4, -0.2) is 29.2 Å². The predicted octanol–water partition coefficient (Wildman–Crippen LogP) is 2.14. The second-order valence-corrected chi connectivity index (χ2v) is 5.18. The van der Waals surface area contributed by atoms with Crippen molar-refractivity contribution in [3.05, 3.63) is 11.6 Å². The molecule has 0 aromatic heterocycles. The number of aliphatic hydroxyl groups is 1. The van der Waals surface area contributed by atoms with Crippen LogP contribution in [-0.2, 0) is 9.47 Å². The van der Waals surface area contributed by atoms with Crippen molar-refractivity contribution in [2.24, 2.45) is 0 Å². The van der Waals surface area contributed by atoms with Crippen LogP contribution in [0.25, 0.3) is 0 Å². The average Bonchev–Trinajstić information content (AvgIpc) is 2.78. The Bertz CT molecular complexity index is 304. The zero-order valence-corrected chi connectivity index (χ0v) is 9.82. The Morgan fingerprint density at radius 3 is 2.75 bits per heavy atom. The highest BCUT2D eigenvalue weighted by Crippen LogP contribution is 2.46. The lowest BCUT2D eigenvalue weighted by molar-refractivity contribution is -0.198. The van der Waals surface area contributed by atoms with Gasteiger partial charge in [-0.2, -0.15) is 0 Å². The van der Waals surface area contributed by atoms with Crippen molar-refractivity contribution in [2.45, 2.75) is 69.5 Å². The first-order valence-electron chi connectivity index (χ1n) is 6.48. The van der Waals surface area contributed by atoms with Gasteiger partial charge in [0, 0.05) is 12.8 Å². The summed E-state index contributed by atoms with van der Waals surface area (Å²) in [6.07, 6.45) is 7.87. The molecule has 1 aliphatic heterocycles. The maximum Gasteiger partial charge on any atom is 0.169 e. The third-order valence-electron chi connectivity index (χ3n) is 4.10. The van der Waals surface area contributed by atoms with Gasteiger partial charge >= 0.3 is 0 Å². The van der Waals surface area contributed by atoms with Crippen LogP contribution < -0.4 is 0 Å². The molecule has 1 spiro atoms. The highest BCUT2D eigenvalue weighted by atomic mass is 16.8. The Balaban J connectivity index is 1.79. The van der Waals surface area contributed by atoms with Gasteiger partial charge in [0.1, 0.15) is 18.3 Å². The van der Waals surface area contributed by atoms with E-state index in [2.05, 4.69) is 6.92 Å². The first kappa shape index (κ1) is 10.8. The quantitative estimate of drug-likeness (QED) is 0.693. The first-order chi connectivity index (χ1) is 7.74. The summed E-state index contributed by atoms with van der Waals surface area (Å²) in [6.45, 7) is 2.11. The highest BCUT2D eigenvalue weighted by Gasteiger charge is 2.53. The molecule has 1 saturated heterocycles. The summed E-state index contributed by atoms with van der Waals surface area (Å²) >= 11 is 0. The van der Waals surface area contributed by atoms with E-state index in [1.54, 1.807) is 0 Å². The smallest absolute Gasteiger partial charge is 0.169 e. The van der Waals surface area contributed by atoms with E-state index in [1.165, 1.54) is 24.8 Å². The van der Waals surface area contributed by atoms with Gasteiger partial charge in [0.05, 0.1) is 0 Å². The summed E-state index contributed by atoms with van der Waals surface area (Å²) in [4.78, 5) is 0. The minimum absolute atomic E-state index is 0.0121. The zero-order chi connectivity index (χ0) is 11.2. The van der Waals surface area contributed by atoms with Gasteiger partial charge in [-0.15, -0.1) is 0 Å².